The molecule has 2 atom stereocenters. The van der Waals surface area contributed by atoms with Crippen molar-refractivity contribution < 1.29 is 24.2 Å². The first-order valence-corrected chi connectivity index (χ1v) is 9.90. The van der Waals surface area contributed by atoms with E-state index in [1.165, 1.54) is 0 Å². The van der Waals surface area contributed by atoms with Gasteiger partial charge in [0, 0.05) is 18.1 Å². The van der Waals surface area contributed by atoms with Crippen LogP contribution < -0.4 is 5.32 Å². The van der Waals surface area contributed by atoms with Gasteiger partial charge < -0.3 is 19.9 Å². The summed E-state index contributed by atoms with van der Waals surface area (Å²) in [6.45, 7) is 6.52. The molecule has 1 aromatic rings. The number of rotatable bonds is 5. The first-order chi connectivity index (χ1) is 13.1. The van der Waals surface area contributed by atoms with E-state index in [9.17, 15) is 14.7 Å². The zero-order valence-electron chi connectivity index (χ0n) is 16.2. The van der Waals surface area contributed by atoms with E-state index in [1.807, 2.05) is 20.8 Å². The Hall–Kier alpha value is -1.54. The number of alkyl halides is 1. The number of hydrogen-bond acceptors (Lipinski definition) is 5. The monoisotopic (exact) mass is 432 g/mol. The lowest BCUT2D eigenvalue weighted by atomic mass is 9.99. The number of aliphatic hydroxyl groups is 1. The molecule has 0 aliphatic carbocycles. The van der Waals surface area contributed by atoms with E-state index < -0.39 is 23.8 Å². The second kappa shape index (κ2) is 9.78. The predicted molar refractivity (Wildman–Crippen MR) is 107 cm³/mol. The smallest absolute Gasteiger partial charge is 0.410 e. The molecule has 1 unspecified atom stereocenters. The summed E-state index contributed by atoms with van der Waals surface area (Å²) in [6, 6.07) is 4.70. The Morgan fingerprint density at radius 1 is 1.39 bits per heavy atom. The van der Waals surface area contributed by atoms with Gasteiger partial charge in [-0.1, -0.05) is 17.7 Å². The molecule has 1 aromatic carbocycles. The minimum atomic E-state index is -0.968. The number of benzene rings is 1. The predicted octanol–water partition coefficient (Wildman–Crippen LogP) is 3.04. The summed E-state index contributed by atoms with van der Waals surface area (Å²) >= 11 is 11.7. The molecular weight excluding hydrogens is 407 g/mol. The molecule has 0 spiro atoms. The molecule has 2 rings (SSSR count). The normalized spacial score (nSPS) is 18.5. The molecule has 28 heavy (non-hydrogen) atoms. The minimum Gasteiger partial charge on any atom is -0.444 e. The van der Waals surface area contributed by atoms with E-state index in [2.05, 4.69) is 5.32 Å². The zero-order chi connectivity index (χ0) is 20.9. The van der Waals surface area contributed by atoms with Crippen LogP contribution in [0.3, 0.4) is 0 Å². The van der Waals surface area contributed by atoms with Gasteiger partial charge in [-0.2, -0.15) is 0 Å². The molecule has 2 N–H and O–H groups in total. The number of aliphatic hydroxyl groups excluding tert-OH is 1. The fourth-order valence-corrected chi connectivity index (χ4v) is 3.16. The molecule has 0 aromatic heterocycles. The number of halogens is 2. The van der Waals surface area contributed by atoms with Gasteiger partial charge in [0.15, 0.2) is 0 Å². The number of carbonyl (C=O) groups is 2. The summed E-state index contributed by atoms with van der Waals surface area (Å²) in [4.78, 5) is 25.5. The van der Waals surface area contributed by atoms with Crippen LogP contribution in [0.2, 0.25) is 5.02 Å². The summed E-state index contributed by atoms with van der Waals surface area (Å²) in [7, 11) is 0. The number of amides is 2. The van der Waals surface area contributed by atoms with Crippen LogP contribution in [0, 0.1) is 0 Å². The van der Waals surface area contributed by atoms with E-state index in [-0.39, 0.29) is 24.9 Å². The number of ether oxygens (including phenoxy) is 2. The van der Waals surface area contributed by atoms with Crippen LogP contribution in [0.25, 0.3) is 0 Å². The topological polar surface area (TPSA) is 88.1 Å². The Morgan fingerprint density at radius 3 is 2.75 bits per heavy atom. The average molecular weight is 433 g/mol. The van der Waals surface area contributed by atoms with E-state index in [4.69, 9.17) is 32.7 Å². The van der Waals surface area contributed by atoms with Crippen molar-refractivity contribution in [1.29, 1.82) is 0 Å². The highest BCUT2D eigenvalue weighted by molar-refractivity contribution is 6.30. The van der Waals surface area contributed by atoms with Gasteiger partial charge >= 0.3 is 6.09 Å². The molecule has 0 saturated carbocycles. The molecule has 156 valence electrons. The van der Waals surface area contributed by atoms with Crippen molar-refractivity contribution in [1.82, 2.24) is 10.2 Å². The Labute approximate surface area is 174 Å². The van der Waals surface area contributed by atoms with E-state index in [0.717, 1.165) is 5.56 Å². The van der Waals surface area contributed by atoms with Crippen molar-refractivity contribution in [2.45, 2.75) is 38.5 Å². The molecule has 1 heterocycles. The van der Waals surface area contributed by atoms with Crippen LogP contribution in [0.4, 0.5) is 4.79 Å². The lowest BCUT2D eigenvalue weighted by molar-refractivity contribution is -0.119. The summed E-state index contributed by atoms with van der Waals surface area (Å²) in [6.07, 6.45) is -1.40. The highest BCUT2D eigenvalue weighted by Crippen LogP contribution is 2.30. The highest BCUT2D eigenvalue weighted by Gasteiger charge is 2.32. The maximum absolute atomic E-state index is 12.6. The fraction of sp³-hybridized carbons (Fsp3) is 0.579. The second-order valence-electron chi connectivity index (χ2n) is 7.54. The van der Waals surface area contributed by atoms with E-state index in [0.29, 0.717) is 23.7 Å². The van der Waals surface area contributed by atoms with Crippen molar-refractivity contribution in [3.05, 3.63) is 34.3 Å². The first-order valence-electron chi connectivity index (χ1n) is 8.99. The van der Waals surface area contributed by atoms with Gasteiger partial charge in [-0.05, 0) is 44.0 Å². The molecule has 7 nitrogen and oxygen atoms in total. The van der Waals surface area contributed by atoms with E-state index >= 15 is 0 Å². The van der Waals surface area contributed by atoms with Crippen LogP contribution in [-0.4, -0.2) is 59.8 Å². The van der Waals surface area contributed by atoms with Gasteiger partial charge in [-0.25, -0.2) is 4.79 Å². The third-order valence-corrected chi connectivity index (χ3v) is 4.54. The van der Waals surface area contributed by atoms with Gasteiger partial charge in [-0.3, -0.25) is 9.69 Å². The largest absolute Gasteiger partial charge is 0.444 e. The number of carbonyl (C=O) groups excluding carboxylic acids is 2. The molecule has 1 aliphatic heterocycles. The van der Waals surface area contributed by atoms with Crippen molar-refractivity contribution in [3.8, 4) is 0 Å². The highest BCUT2D eigenvalue weighted by atomic mass is 35.5. The van der Waals surface area contributed by atoms with Gasteiger partial charge in [0.05, 0.1) is 25.4 Å². The van der Waals surface area contributed by atoms with Gasteiger partial charge in [0.2, 0.25) is 5.91 Å². The van der Waals surface area contributed by atoms with Crippen molar-refractivity contribution in [3.63, 3.8) is 0 Å². The number of nitrogens with one attached hydrogen (secondary N) is 1. The van der Waals surface area contributed by atoms with Crippen molar-refractivity contribution >= 4 is 35.2 Å². The number of hydrogen-bond donors (Lipinski definition) is 2. The van der Waals surface area contributed by atoms with Crippen LogP contribution in [0.5, 0.6) is 0 Å². The quantitative estimate of drug-likeness (QED) is 0.697. The van der Waals surface area contributed by atoms with Crippen molar-refractivity contribution in [2.24, 2.45) is 0 Å². The lowest BCUT2D eigenvalue weighted by Gasteiger charge is -2.37. The third kappa shape index (κ3) is 6.51. The number of morpholine rings is 1. The molecule has 0 bridgehead atoms. The minimum absolute atomic E-state index is 0.00226. The third-order valence-electron chi connectivity index (χ3n) is 4.08. The Kier molecular flexibility index (Phi) is 7.95. The van der Waals surface area contributed by atoms with Crippen LogP contribution in [-0.2, 0) is 14.3 Å². The molecule has 1 aliphatic rings. The summed E-state index contributed by atoms with van der Waals surface area (Å²) in [5, 5.41) is 13.3. The molecule has 2 amide bonds. The summed E-state index contributed by atoms with van der Waals surface area (Å²) in [5.74, 6) is -0.558. The Balaban J connectivity index is 2.23. The molecule has 0 radical (unpaired) electrons. The molecule has 9 heteroatoms. The first kappa shape index (κ1) is 22.7. The summed E-state index contributed by atoms with van der Waals surface area (Å²) in [5.41, 5.74) is 0.624. The summed E-state index contributed by atoms with van der Waals surface area (Å²) < 4.78 is 11.1. The zero-order valence-corrected chi connectivity index (χ0v) is 17.7. The second-order valence-corrected chi connectivity index (χ2v) is 8.24. The fourth-order valence-electron chi connectivity index (χ4n) is 2.82. The maximum Gasteiger partial charge on any atom is 0.410 e. The maximum atomic E-state index is 12.6. The Morgan fingerprint density at radius 2 is 2.11 bits per heavy atom. The standard InChI is InChI=1S/C19H26Cl2N2O5/c1-19(2,3)28-18(26)23-4-5-27-11-15(23)12-6-13(8-14(21)7-12)16(24)10-22-17(25)9-20/h6-8,15-16,24H,4-5,9-11H2,1-3H3,(H,22,25)/t15-,16?/m0/s1. The Bertz CT molecular complexity index is 708. The SMILES string of the molecule is CC(C)(C)OC(=O)N1CCOC[C@H]1c1cc(Cl)cc(C(O)CNC(=O)CCl)c1. The van der Waals surface area contributed by atoms with Crippen LogP contribution >= 0.6 is 23.2 Å². The molecule has 1 fully saturated rings. The van der Waals surface area contributed by atoms with E-state index in [1.54, 1.807) is 23.1 Å². The molecule has 1 saturated heterocycles. The molecular formula is C19H26Cl2N2O5. The van der Waals surface area contributed by atoms with Gasteiger partial charge in [-0.15, -0.1) is 11.6 Å². The van der Waals surface area contributed by atoms with Crippen molar-refractivity contribution in [2.75, 3.05) is 32.2 Å². The number of nitrogens with zero attached hydrogens (tertiary/aromatic N) is 1. The average Bonchev–Trinajstić information content (AvgIpc) is 2.63. The van der Waals surface area contributed by atoms with Gasteiger partial charge in [0.25, 0.3) is 0 Å². The van der Waals surface area contributed by atoms with Crippen LogP contribution in [0.1, 0.15) is 44.0 Å². The van der Waals surface area contributed by atoms with Gasteiger partial charge in [0.1, 0.15) is 11.5 Å². The lowest BCUT2D eigenvalue weighted by Crippen LogP contribution is -2.45. The van der Waals surface area contributed by atoms with Crippen LogP contribution in [0.15, 0.2) is 18.2 Å².